The van der Waals surface area contributed by atoms with E-state index in [2.05, 4.69) is 34.6 Å². The predicted molar refractivity (Wildman–Crippen MR) is 130 cm³/mol. The molecule has 5 heteroatoms. The minimum absolute atomic E-state index is 0.000288. The van der Waals surface area contributed by atoms with Crippen molar-refractivity contribution in [3.63, 3.8) is 0 Å². The summed E-state index contributed by atoms with van der Waals surface area (Å²) in [6.45, 7) is 15.1. The molecule has 0 unspecified atom stereocenters. The van der Waals surface area contributed by atoms with Crippen LogP contribution in [0.3, 0.4) is 0 Å². The number of Topliss-reactive ketones (excluding diaryl/α,β-unsaturated/α-hetero) is 1. The van der Waals surface area contributed by atoms with E-state index in [1.54, 1.807) is 0 Å². The maximum absolute atomic E-state index is 13.6. The van der Waals surface area contributed by atoms with Crippen LogP contribution in [-0.2, 0) is 23.8 Å². The normalized spacial score (nSPS) is 48.0. The zero-order valence-electron chi connectivity index (χ0n) is 22.4. The molecule has 4 aliphatic carbocycles. The Hall–Kier alpha value is -0.940. The Kier molecular flexibility index (Phi) is 6.04. The van der Waals surface area contributed by atoms with E-state index in [0.29, 0.717) is 41.8 Å². The number of carbonyl (C=O) groups is 2. The van der Waals surface area contributed by atoms with Crippen molar-refractivity contribution in [3.05, 3.63) is 0 Å². The zero-order valence-corrected chi connectivity index (χ0v) is 22.4. The summed E-state index contributed by atoms with van der Waals surface area (Å²) in [6.07, 6.45) is 7.67. The smallest absolute Gasteiger partial charge is 0.306 e. The molecule has 0 radical (unpaired) electrons. The maximum atomic E-state index is 13.6. The van der Waals surface area contributed by atoms with Gasteiger partial charge in [0.05, 0.1) is 12.2 Å². The van der Waals surface area contributed by atoms with E-state index >= 15 is 0 Å². The second-order valence-electron chi connectivity index (χ2n) is 13.8. The molecule has 5 fully saturated rings. The molecule has 0 spiro atoms. The Morgan fingerprint density at radius 3 is 2.38 bits per heavy atom. The molecule has 34 heavy (non-hydrogen) atoms. The summed E-state index contributed by atoms with van der Waals surface area (Å²) in [6, 6.07) is 0. The van der Waals surface area contributed by atoms with Crippen molar-refractivity contribution in [2.24, 2.45) is 46.3 Å². The summed E-state index contributed by atoms with van der Waals surface area (Å²) in [5.41, 5.74) is 0.147. The largest absolute Gasteiger partial charge is 0.462 e. The SMILES string of the molecule is CC(C)CC(=O)O[C@H](C)[C@H]1CC[C@H]2[C@@H]3CC(=O)[C@H]4C[C@@H]5OC(C)(C)O[C@@H]5C[C@]4(C)[C@H]3CC[C@]12C. The van der Waals surface area contributed by atoms with Gasteiger partial charge in [0.2, 0.25) is 0 Å². The second-order valence-corrected chi connectivity index (χ2v) is 13.8. The number of rotatable bonds is 4. The maximum Gasteiger partial charge on any atom is 0.306 e. The van der Waals surface area contributed by atoms with Crippen molar-refractivity contribution < 1.29 is 23.8 Å². The number of ether oxygens (including phenoxy) is 3. The number of esters is 1. The molecular formula is C29H46O5. The van der Waals surface area contributed by atoms with Gasteiger partial charge in [0.15, 0.2) is 5.79 Å². The minimum atomic E-state index is -0.547. The van der Waals surface area contributed by atoms with Gasteiger partial charge in [0, 0.05) is 24.7 Å². The highest BCUT2D eigenvalue weighted by Gasteiger charge is 2.65. The molecule has 1 aliphatic heterocycles. The van der Waals surface area contributed by atoms with Crippen LogP contribution in [0.5, 0.6) is 0 Å². The predicted octanol–water partition coefficient (Wildman–Crippen LogP) is 5.93. The van der Waals surface area contributed by atoms with Gasteiger partial charge in [0.1, 0.15) is 11.9 Å². The number of carbonyl (C=O) groups excluding carboxylic acids is 2. The third-order valence-electron chi connectivity index (χ3n) is 10.8. The lowest BCUT2D eigenvalue weighted by Crippen LogP contribution is -2.59. The fraction of sp³-hybridized carbons (Fsp3) is 0.931. The lowest BCUT2D eigenvalue weighted by molar-refractivity contribution is -0.167. The van der Waals surface area contributed by atoms with Crippen molar-refractivity contribution >= 4 is 11.8 Å². The van der Waals surface area contributed by atoms with Gasteiger partial charge in [-0.1, -0.05) is 27.7 Å². The van der Waals surface area contributed by atoms with Crippen molar-refractivity contribution in [2.45, 2.75) is 124 Å². The van der Waals surface area contributed by atoms with Crippen LogP contribution in [0.1, 0.15) is 99.8 Å². The first-order valence-corrected chi connectivity index (χ1v) is 13.9. The standard InChI is InChI=1S/C29H46O5/c1-16(2)12-26(31)32-17(3)19-8-9-20-18-13-23(30)22-14-24-25(34-27(4,5)33-24)15-29(22,7)21(18)10-11-28(19,20)6/h16-22,24-25H,8-15H2,1-7H3/t17-,18+,19-,20+,21+,22-,24+,25-,28-,29-/m1/s1. The molecular weight excluding hydrogens is 428 g/mol. The quantitative estimate of drug-likeness (QED) is 0.473. The summed E-state index contributed by atoms with van der Waals surface area (Å²) in [4.78, 5) is 26.0. The first kappa shape index (κ1) is 24.7. The molecule has 5 rings (SSSR count). The summed E-state index contributed by atoms with van der Waals surface area (Å²) < 4.78 is 18.5. The molecule has 0 amide bonds. The minimum Gasteiger partial charge on any atom is -0.462 e. The lowest BCUT2D eigenvalue weighted by Gasteiger charge is -2.60. The molecule has 1 heterocycles. The number of hydrogen-bond donors (Lipinski definition) is 0. The average Bonchev–Trinajstić information content (AvgIpc) is 3.20. The zero-order chi connectivity index (χ0) is 24.6. The van der Waals surface area contributed by atoms with Gasteiger partial charge in [-0.15, -0.1) is 0 Å². The summed E-state index contributed by atoms with van der Waals surface area (Å²) >= 11 is 0. The number of hydrogen-bond acceptors (Lipinski definition) is 5. The molecule has 0 aromatic rings. The van der Waals surface area contributed by atoms with Gasteiger partial charge < -0.3 is 14.2 Å². The fourth-order valence-electron chi connectivity index (χ4n) is 9.52. The van der Waals surface area contributed by atoms with Gasteiger partial charge in [-0.2, -0.15) is 0 Å². The van der Waals surface area contributed by atoms with Crippen LogP contribution in [0.25, 0.3) is 0 Å². The highest BCUT2D eigenvalue weighted by Crippen LogP contribution is 2.68. The number of fused-ring (bicyclic) bond motifs is 6. The Morgan fingerprint density at radius 1 is 1.00 bits per heavy atom. The first-order valence-electron chi connectivity index (χ1n) is 13.9. The van der Waals surface area contributed by atoms with Gasteiger partial charge >= 0.3 is 5.97 Å². The monoisotopic (exact) mass is 474 g/mol. The fourth-order valence-corrected chi connectivity index (χ4v) is 9.52. The molecule has 10 atom stereocenters. The third kappa shape index (κ3) is 3.88. The van der Waals surface area contributed by atoms with Gasteiger partial charge in [0.25, 0.3) is 0 Å². The average molecular weight is 475 g/mol. The number of ketones is 1. The van der Waals surface area contributed by atoms with Crippen molar-refractivity contribution in [2.75, 3.05) is 0 Å². The van der Waals surface area contributed by atoms with Crippen LogP contribution in [0.2, 0.25) is 0 Å². The molecule has 1 saturated heterocycles. The summed E-state index contributed by atoms with van der Waals surface area (Å²) in [5, 5.41) is 0. The summed E-state index contributed by atoms with van der Waals surface area (Å²) in [5.74, 6) is 2.21. The molecule has 0 aromatic heterocycles. The van der Waals surface area contributed by atoms with Crippen LogP contribution >= 0.6 is 0 Å². The molecule has 0 bridgehead atoms. The Bertz CT molecular complexity index is 834. The van der Waals surface area contributed by atoms with Crippen LogP contribution in [0, 0.1) is 46.3 Å². The lowest BCUT2D eigenvalue weighted by atomic mass is 9.44. The van der Waals surface area contributed by atoms with E-state index in [1.165, 1.54) is 12.8 Å². The van der Waals surface area contributed by atoms with Crippen LogP contribution in [-0.4, -0.2) is 35.9 Å². The summed E-state index contributed by atoms with van der Waals surface area (Å²) in [7, 11) is 0. The van der Waals surface area contributed by atoms with Crippen molar-refractivity contribution in [1.29, 1.82) is 0 Å². The third-order valence-corrected chi connectivity index (χ3v) is 10.8. The highest BCUT2D eigenvalue weighted by molar-refractivity contribution is 5.83. The Morgan fingerprint density at radius 2 is 1.68 bits per heavy atom. The van der Waals surface area contributed by atoms with E-state index in [4.69, 9.17) is 14.2 Å². The van der Waals surface area contributed by atoms with E-state index in [1.807, 2.05) is 13.8 Å². The van der Waals surface area contributed by atoms with Crippen LogP contribution < -0.4 is 0 Å². The molecule has 0 aromatic carbocycles. The van der Waals surface area contributed by atoms with E-state index in [9.17, 15) is 9.59 Å². The van der Waals surface area contributed by atoms with Gasteiger partial charge in [-0.05, 0) is 93.8 Å². The van der Waals surface area contributed by atoms with E-state index in [0.717, 1.165) is 32.1 Å². The van der Waals surface area contributed by atoms with E-state index in [-0.39, 0.29) is 41.0 Å². The first-order chi connectivity index (χ1) is 15.8. The second kappa shape index (κ2) is 8.30. The molecule has 4 saturated carbocycles. The topological polar surface area (TPSA) is 61.8 Å². The van der Waals surface area contributed by atoms with E-state index < -0.39 is 5.79 Å². The van der Waals surface area contributed by atoms with Gasteiger partial charge in [-0.25, -0.2) is 0 Å². The Balaban J connectivity index is 1.35. The van der Waals surface area contributed by atoms with Crippen molar-refractivity contribution in [1.82, 2.24) is 0 Å². The van der Waals surface area contributed by atoms with Gasteiger partial charge in [-0.3, -0.25) is 9.59 Å². The van der Waals surface area contributed by atoms with Crippen molar-refractivity contribution in [3.8, 4) is 0 Å². The molecule has 5 aliphatic rings. The molecule has 5 nitrogen and oxygen atoms in total. The van der Waals surface area contributed by atoms with Crippen LogP contribution in [0.4, 0.5) is 0 Å². The highest BCUT2D eigenvalue weighted by atomic mass is 16.7. The molecule has 0 N–H and O–H groups in total. The van der Waals surface area contributed by atoms with Crippen LogP contribution in [0.15, 0.2) is 0 Å². The molecule has 192 valence electrons. The Labute approximate surface area is 206 Å².